The van der Waals surface area contributed by atoms with Crippen LogP contribution >= 0.6 is 0 Å². The number of amides is 3. The number of hydrogen-bond acceptors (Lipinski definition) is 3. The Balaban J connectivity index is 1.83. The van der Waals surface area contributed by atoms with E-state index in [2.05, 4.69) is 5.32 Å². The van der Waals surface area contributed by atoms with Gasteiger partial charge in [-0.2, -0.15) is 0 Å². The van der Waals surface area contributed by atoms with Crippen LogP contribution in [0.5, 0.6) is 0 Å². The number of imide groups is 1. The van der Waals surface area contributed by atoms with Crippen LogP contribution in [0.25, 0.3) is 11.6 Å². The SMILES string of the molecule is CNC(=O)c1ccc(/C=C2/C(=O)N(c3cccc(C)c3)C(=O)c3ccccc32)cc1. The fourth-order valence-corrected chi connectivity index (χ4v) is 3.54. The van der Waals surface area contributed by atoms with E-state index in [-0.39, 0.29) is 17.7 Å². The third-order valence-corrected chi connectivity index (χ3v) is 5.06. The van der Waals surface area contributed by atoms with Crippen molar-refractivity contribution in [1.82, 2.24) is 5.32 Å². The number of rotatable bonds is 3. The molecule has 3 amide bonds. The maximum Gasteiger partial charge on any atom is 0.265 e. The average molecular weight is 396 g/mol. The van der Waals surface area contributed by atoms with Crippen LogP contribution in [0.2, 0.25) is 0 Å². The second kappa shape index (κ2) is 7.79. The van der Waals surface area contributed by atoms with Gasteiger partial charge in [0.2, 0.25) is 0 Å². The second-order valence-electron chi connectivity index (χ2n) is 7.09. The van der Waals surface area contributed by atoms with E-state index < -0.39 is 0 Å². The first-order valence-electron chi connectivity index (χ1n) is 9.58. The summed E-state index contributed by atoms with van der Waals surface area (Å²) in [4.78, 5) is 39.5. The van der Waals surface area contributed by atoms with E-state index >= 15 is 0 Å². The Morgan fingerprint density at radius 3 is 2.23 bits per heavy atom. The molecule has 0 spiro atoms. The van der Waals surface area contributed by atoms with Gasteiger partial charge in [0.25, 0.3) is 17.7 Å². The largest absolute Gasteiger partial charge is 0.355 e. The molecule has 4 rings (SSSR count). The molecule has 5 nitrogen and oxygen atoms in total. The van der Waals surface area contributed by atoms with E-state index in [0.717, 1.165) is 11.1 Å². The second-order valence-corrected chi connectivity index (χ2v) is 7.09. The lowest BCUT2D eigenvalue weighted by Gasteiger charge is -2.29. The highest BCUT2D eigenvalue weighted by atomic mass is 16.2. The van der Waals surface area contributed by atoms with Crippen LogP contribution in [0.3, 0.4) is 0 Å². The van der Waals surface area contributed by atoms with E-state index in [9.17, 15) is 14.4 Å². The standard InChI is InChI=1S/C25H20N2O3/c1-16-6-5-7-19(14-16)27-24(29)21-9-4-3-8-20(21)22(25(27)30)15-17-10-12-18(13-11-17)23(28)26-2/h3-15H,1-2H3,(H,26,28)/b22-15+. The summed E-state index contributed by atoms with van der Waals surface area (Å²) in [6.45, 7) is 1.92. The third-order valence-electron chi connectivity index (χ3n) is 5.06. The predicted molar refractivity (Wildman–Crippen MR) is 117 cm³/mol. The summed E-state index contributed by atoms with van der Waals surface area (Å²) in [6.07, 6.45) is 1.75. The zero-order valence-corrected chi connectivity index (χ0v) is 16.7. The van der Waals surface area contributed by atoms with Gasteiger partial charge < -0.3 is 5.32 Å². The van der Waals surface area contributed by atoms with Crippen molar-refractivity contribution in [2.24, 2.45) is 0 Å². The number of benzene rings is 3. The molecule has 0 saturated heterocycles. The van der Waals surface area contributed by atoms with Gasteiger partial charge >= 0.3 is 0 Å². The van der Waals surface area contributed by atoms with E-state index in [1.165, 1.54) is 4.90 Å². The van der Waals surface area contributed by atoms with Gasteiger partial charge in [-0.05, 0) is 60.0 Å². The molecule has 3 aromatic carbocycles. The summed E-state index contributed by atoms with van der Waals surface area (Å²) >= 11 is 0. The van der Waals surface area contributed by atoms with Crippen molar-refractivity contribution in [1.29, 1.82) is 0 Å². The monoisotopic (exact) mass is 396 g/mol. The number of anilines is 1. The molecule has 1 aliphatic heterocycles. The maximum absolute atomic E-state index is 13.4. The van der Waals surface area contributed by atoms with Gasteiger partial charge in [-0.1, -0.05) is 42.5 Å². The van der Waals surface area contributed by atoms with Crippen LogP contribution in [0.4, 0.5) is 5.69 Å². The third kappa shape index (κ3) is 3.42. The summed E-state index contributed by atoms with van der Waals surface area (Å²) in [5.74, 6) is -0.891. The summed E-state index contributed by atoms with van der Waals surface area (Å²) in [6, 6.07) is 21.4. The minimum atomic E-state index is -0.375. The highest BCUT2D eigenvalue weighted by Crippen LogP contribution is 2.33. The van der Waals surface area contributed by atoms with Gasteiger partial charge in [0.15, 0.2) is 0 Å². The van der Waals surface area contributed by atoms with Gasteiger partial charge in [-0.25, -0.2) is 4.90 Å². The van der Waals surface area contributed by atoms with Gasteiger partial charge in [-0.3, -0.25) is 14.4 Å². The van der Waals surface area contributed by atoms with Crippen LogP contribution in [-0.4, -0.2) is 24.8 Å². The minimum Gasteiger partial charge on any atom is -0.355 e. The highest BCUT2D eigenvalue weighted by molar-refractivity contribution is 6.43. The van der Waals surface area contributed by atoms with E-state index in [1.807, 2.05) is 31.2 Å². The Morgan fingerprint density at radius 2 is 1.57 bits per heavy atom. The van der Waals surface area contributed by atoms with E-state index in [0.29, 0.717) is 28.0 Å². The molecule has 148 valence electrons. The first-order chi connectivity index (χ1) is 14.5. The molecule has 1 N–H and O–H groups in total. The molecule has 0 aromatic heterocycles. The molecule has 0 unspecified atom stereocenters. The molecule has 0 saturated carbocycles. The normalized spacial score (nSPS) is 14.6. The summed E-state index contributed by atoms with van der Waals surface area (Å²) in [5.41, 5.74) is 4.31. The minimum absolute atomic E-state index is 0.176. The number of aryl methyl sites for hydroxylation is 1. The Hall–Kier alpha value is -3.99. The van der Waals surface area contributed by atoms with Crippen LogP contribution in [-0.2, 0) is 4.79 Å². The maximum atomic E-state index is 13.4. The Morgan fingerprint density at radius 1 is 0.867 bits per heavy atom. The van der Waals surface area contributed by atoms with Crippen molar-refractivity contribution in [3.8, 4) is 0 Å². The molecule has 0 atom stereocenters. The molecule has 5 heteroatoms. The summed E-state index contributed by atoms with van der Waals surface area (Å²) in [5, 5.41) is 2.58. The lowest BCUT2D eigenvalue weighted by Crippen LogP contribution is -2.41. The molecule has 1 heterocycles. The predicted octanol–water partition coefficient (Wildman–Crippen LogP) is 4.08. The lowest BCUT2D eigenvalue weighted by atomic mass is 9.91. The Bertz CT molecular complexity index is 1190. The smallest absolute Gasteiger partial charge is 0.265 e. The van der Waals surface area contributed by atoms with Crippen molar-refractivity contribution < 1.29 is 14.4 Å². The van der Waals surface area contributed by atoms with Crippen molar-refractivity contribution >= 4 is 35.1 Å². The molecular weight excluding hydrogens is 376 g/mol. The van der Waals surface area contributed by atoms with Gasteiger partial charge in [0.1, 0.15) is 0 Å². The first kappa shape index (κ1) is 19.3. The number of fused-ring (bicyclic) bond motifs is 1. The van der Waals surface area contributed by atoms with Crippen molar-refractivity contribution in [2.45, 2.75) is 6.92 Å². The van der Waals surface area contributed by atoms with Crippen molar-refractivity contribution in [3.05, 3.63) is 101 Å². The molecule has 1 aliphatic rings. The van der Waals surface area contributed by atoms with E-state index in [4.69, 9.17) is 0 Å². The molecule has 0 radical (unpaired) electrons. The van der Waals surface area contributed by atoms with Crippen molar-refractivity contribution in [3.63, 3.8) is 0 Å². The fourth-order valence-electron chi connectivity index (χ4n) is 3.54. The Labute approximate surface area is 174 Å². The summed E-state index contributed by atoms with van der Waals surface area (Å²) in [7, 11) is 1.58. The average Bonchev–Trinajstić information content (AvgIpc) is 2.77. The lowest BCUT2D eigenvalue weighted by molar-refractivity contribution is -0.112. The van der Waals surface area contributed by atoms with Gasteiger partial charge in [-0.15, -0.1) is 0 Å². The molecule has 0 aliphatic carbocycles. The van der Waals surface area contributed by atoms with Crippen LogP contribution in [0.1, 0.15) is 37.4 Å². The highest BCUT2D eigenvalue weighted by Gasteiger charge is 2.35. The van der Waals surface area contributed by atoms with Gasteiger partial charge in [0, 0.05) is 23.7 Å². The molecule has 0 fully saturated rings. The molecule has 3 aromatic rings. The Kier molecular flexibility index (Phi) is 5.02. The molecular formula is C25H20N2O3. The van der Waals surface area contributed by atoms with Gasteiger partial charge in [0.05, 0.1) is 5.69 Å². The first-order valence-corrected chi connectivity index (χ1v) is 9.58. The number of carbonyl (C=O) groups excluding carboxylic acids is 3. The van der Waals surface area contributed by atoms with Crippen LogP contribution in [0.15, 0.2) is 72.8 Å². The zero-order valence-electron chi connectivity index (χ0n) is 16.7. The zero-order chi connectivity index (χ0) is 21.3. The summed E-state index contributed by atoms with van der Waals surface area (Å²) < 4.78 is 0. The van der Waals surface area contributed by atoms with Crippen LogP contribution in [0, 0.1) is 6.92 Å². The number of nitrogens with one attached hydrogen (secondary N) is 1. The quantitative estimate of drug-likeness (QED) is 0.536. The number of hydrogen-bond donors (Lipinski definition) is 1. The molecule has 30 heavy (non-hydrogen) atoms. The number of nitrogens with zero attached hydrogens (tertiary/aromatic N) is 1. The fraction of sp³-hybridized carbons (Fsp3) is 0.0800. The van der Waals surface area contributed by atoms with E-state index in [1.54, 1.807) is 61.7 Å². The number of carbonyl (C=O) groups is 3. The molecule has 0 bridgehead atoms. The van der Waals surface area contributed by atoms with Crippen LogP contribution < -0.4 is 10.2 Å². The topological polar surface area (TPSA) is 66.5 Å². The van der Waals surface area contributed by atoms with Crippen molar-refractivity contribution in [2.75, 3.05) is 11.9 Å².